The highest BCUT2D eigenvalue weighted by Crippen LogP contribution is 2.16. The highest BCUT2D eigenvalue weighted by molar-refractivity contribution is 6.30. The second-order valence-electron chi connectivity index (χ2n) is 7.47. The van der Waals surface area contributed by atoms with Gasteiger partial charge in [0.25, 0.3) is 11.5 Å². The van der Waals surface area contributed by atoms with Crippen molar-refractivity contribution in [3.63, 3.8) is 0 Å². The van der Waals surface area contributed by atoms with Crippen LogP contribution in [0.5, 0.6) is 0 Å². The number of amides is 2. The fraction of sp³-hybridized carbons (Fsp3) is 0.304. The molecule has 2 amide bonds. The summed E-state index contributed by atoms with van der Waals surface area (Å²) in [6.45, 7) is 3.70. The minimum absolute atomic E-state index is 0.0871. The zero-order valence-electron chi connectivity index (χ0n) is 17.7. The molecule has 32 heavy (non-hydrogen) atoms. The SMILES string of the molecule is CCOC(=O)N1CCN(C(=O)c2cc3cccnc3n(Cc3ccc(Cl)cc3)c2=O)CC1. The monoisotopic (exact) mass is 454 g/mol. The third kappa shape index (κ3) is 4.45. The highest BCUT2D eigenvalue weighted by atomic mass is 35.5. The van der Waals surface area contributed by atoms with Crippen molar-refractivity contribution in [2.45, 2.75) is 13.5 Å². The van der Waals surface area contributed by atoms with Gasteiger partial charge in [0.1, 0.15) is 11.2 Å². The van der Waals surface area contributed by atoms with Crippen molar-refractivity contribution in [3.05, 3.63) is 75.2 Å². The van der Waals surface area contributed by atoms with Gasteiger partial charge in [0, 0.05) is 42.8 Å². The number of aromatic nitrogens is 2. The van der Waals surface area contributed by atoms with Gasteiger partial charge in [-0.3, -0.25) is 14.2 Å². The quantitative estimate of drug-likeness (QED) is 0.605. The van der Waals surface area contributed by atoms with Crippen molar-refractivity contribution in [2.24, 2.45) is 0 Å². The number of hydrogen-bond acceptors (Lipinski definition) is 5. The third-order valence-corrected chi connectivity index (χ3v) is 5.68. The second-order valence-corrected chi connectivity index (χ2v) is 7.91. The van der Waals surface area contributed by atoms with Gasteiger partial charge >= 0.3 is 6.09 Å². The Hall–Kier alpha value is -3.39. The Morgan fingerprint density at radius 3 is 2.44 bits per heavy atom. The number of ether oxygens (including phenoxy) is 1. The molecule has 2 aromatic heterocycles. The number of fused-ring (bicyclic) bond motifs is 1. The number of benzene rings is 1. The van der Waals surface area contributed by atoms with Crippen molar-refractivity contribution in [1.82, 2.24) is 19.4 Å². The van der Waals surface area contributed by atoms with Crippen molar-refractivity contribution < 1.29 is 14.3 Å². The fourth-order valence-corrected chi connectivity index (χ4v) is 3.88. The molecule has 3 aromatic rings. The lowest BCUT2D eigenvalue weighted by atomic mass is 10.1. The maximum Gasteiger partial charge on any atom is 0.409 e. The fourth-order valence-electron chi connectivity index (χ4n) is 3.76. The standard InChI is InChI=1S/C23H23ClN4O4/c1-2-32-23(31)27-12-10-26(11-13-27)21(29)19-14-17-4-3-9-25-20(17)28(22(19)30)15-16-5-7-18(24)8-6-16/h3-9,14H,2,10-13,15H2,1H3. The number of nitrogens with zero attached hydrogens (tertiary/aromatic N) is 4. The molecule has 4 rings (SSSR count). The molecule has 0 unspecified atom stereocenters. The molecule has 1 aliphatic rings. The lowest BCUT2D eigenvalue weighted by molar-refractivity contribution is 0.0569. The molecule has 0 spiro atoms. The van der Waals surface area contributed by atoms with Crippen LogP contribution >= 0.6 is 11.6 Å². The lowest BCUT2D eigenvalue weighted by Crippen LogP contribution is -2.51. The molecule has 3 heterocycles. The number of piperazine rings is 1. The van der Waals surface area contributed by atoms with Gasteiger partial charge in [-0.15, -0.1) is 0 Å². The van der Waals surface area contributed by atoms with E-state index in [-0.39, 0.29) is 24.1 Å². The Labute approximate surface area is 190 Å². The van der Waals surface area contributed by atoms with Crippen LogP contribution in [0.25, 0.3) is 11.0 Å². The van der Waals surface area contributed by atoms with E-state index >= 15 is 0 Å². The van der Waals surface area contributed by atoms with Crippen molar-refractivity contribution in [1.29, 1.82) is 0 Å². The van der Waals surface area contributed by atoms with Crippen LogP contribution in [0.4, 0.5) is 4.79 Å². The average Bonchev–Trinajstić information content (AvgIpc) is 2.82. The minimum atomic E-state index is -0.399. The van der Waals surface area contributed by atoms with E-state index in [0.717, 1.165) is 5.56 Å². The first-order chi connectivity index (χ1) is 15.5. The molecule has 0 saturated carbocycles. The summed E-state index contributed by atoms with van der Waals surface area (Å²) in [4.78, 5) is 46.1. The number of rotatable bonds is 4. The first-order valence-corrected chi connectivity index (χ1v) is 10.8. The lowest BCUT2D eigenvalue weighted by Gasteiger charge is -2.34. The van der Waals surface area contributed by atoms with Crippen LogP contribution in [0.3, 0.4) is 0 Å². The van der Waals surface area contributed by atoms with Crippen LogP contribution in [-0.4, -0.2) is 64.1 Å². The smallest absolute Gasteiger partial charge is 0.409 e. The molecule has 0 radical (unpaired) electrons. The van der Waals surface area contributed by atoms with Gasteiger partial charge in [0.15, 0.2) is 0 Å². The van der Waals surface area contributed by atoms with Gasteiger partial charge in [-0.1, -0.05) is 23.7 Å². The molecule has 1 aromatic carbocycles. The van der Waals surface area contributed by atoms with Crippen LogP contribution in [0, 0.1) is 0 Å². The topological polar surface area (TPSA) is 84.7 Å². The van der Waals surface area contributed by atoms with Crippen molar-refractivity contribution in [3.8, 4) is 0 Å². The predicted octanol–water partition coefficient (Wildman–Crippen LogP) is 3.01. The number of carbonyl (C=O) groups is 2. The van der Waals surface area contributed by atoms with E-state index in [1.807, 2.05) is 18.2 Å². The minimum Gasteiger partial charge on any atom is -0.450 e. The number of pyridine rings is 2. The van der Waals surface area contributed by atoms with E-state index < -0.39 is 5.56 Å². The van der Waals surface area contributed by atoms with Gasteiger partial charge in [0.05, 0.1) is 13.2 Å². The van der Waals surface area contributed by atoms with Crippen LogP contribution in [0.15, 0.2) is 53.5 Å². The number of hydrogen-bond donors (Lipinski definition) is 0. The average molecular weight is 455 g/mol. The predicted molar refractivity (Wildman–Crippen MR) is 121 cm³/mol. The zero-order chi connectivity index (χ0) is 22.7. The van der Waals surface area contributed by atoms with Gasteiger partial charge in [-0.05, 0) is 42.8 Å². The molecule has 1 saturated heterocycles. The van der Waals surface area contributed by atoms with Crippen molar-refractivity contribution in [2.75, 3.05) is 32.8 Å². The molecule has 0 bridgehead atoms. The Kier molecular flexibility index (Phi) is 6.41. The Morgan fingerprint density at radius 2 is 1.75 bits per heavy atom. The maximum absolute atomic E-state index is 13.4. The van der Waals surface area contributed by atoms with E-state index in [1.165, 1.54) is 4.57 Å². The summed E-state index contributed by atoms with van der Waals surface area (Å²) in [6, 6.07) is 12.4. The van der Waals surface area contributed by atoms with Gasteiger partial charge < -0.3 is 14.5 Å². The molecule has 0 aliphatic carbocycles. The van der Waals surface area contributed by atoms with Crippen LogP contribution in [0.2, 0.25) is 5.02 Å². The molecule has 166 valence electrons. The summed E-state index contributed by atoms with van der Waals surface area (Å²) >= 11 is 5.98. The maximum atomic E-state index is 13.4. The van der Waals surface area contributed by atoms with Crippen LogP contribution in [-0.2, 0) is 11.3 Å². The molecular weight excluding hydrogens is 432 g/mol. The van der Waals surface area contributed by atoms with E-state index in [1.54, 1.807) is 47.2 Å². The molecule has 9 heteroatoms. The largest absolute Gasteiger partial charge is 0.450 e. The summed E-state index contributed by atoms with van der Waals surface area (Å²) < 4.78 is 6.54. The first kappa shape index (κ1) is 21.8. The molecule has 8 nitrogen and oxygen atoms in total. The van der Waals surface area contributed by atoms with Crippen LogP contribution in [0.1, 0.15) is 22.8 Å². The van der Waals surface area contributed by atoms with Gasteiger partial charge in [-0.25, -0.2) is 9.78 Å². The molecule has 1 aliphatic heterocycles. The van der Waals surface area contributed by atoms with Crippen LogP contribution < -0.4 is 5.56 Å². The summed E-state index contributed by atoms with van der Waals surface area (Å²) in [7, 11) is 0. The van der Waals surface area contributed by atoms with E-state index in [9.17, 15) is 14.4 Å². The summed E-state index contributed by atoms with van der Waals surface area (Å²) in [5, 5.41) is 1.31. The van der Waals surface area contributed by atoms with Gasteiger partial charge in [0.2, 0.25) is 0 Å². The Balaban J connectivity index is 1.64. The molecule has 0 N–H and O–H groups in total. The third-order valence-electron chi connectivity index (χ3n) is 5.43. The summed E-state index contributed by atoms with van der Waals surface area (Å²) in [6.07, 6.45) is 1.23. The zero-order valence-corrected chi connectivity index (χ0v) is 18.4. The van der Waals surface area contributed by atoms with E-state index in [4.69, 9.17) is 16.3 Å². The summed E-state index contributed by atoms with van der Waals surface area (Å²) in [5.74, 6) is -0.353. The van der Waals surface area contributed by atoms with E-state index in [2.05, 4.69) is 4.98 Å². The Morgan fingerprint density at radius 1 is 1.06 bits per heavy atom. The molecular formula is C23H23ClN4O4. The van der Waals surface area contributed by atoms with Gasteiger partial charge in [-0.2, -0.15) is 0 Å². The normalized spacial score (nSPS) is 13.9. The summed E-state index contributed by atoms with van der Waals surface area (Å²) in [5.41, 5.74) is 1.07. The molecule has 0 atom stereocenters. The second kappa shape index (κ2) is 9.40. The first-order valence-electron chi connectivity index (χ1n) is 10.4. The van der Waals surface area contributed by atoms with Crippen molar-refractivity contribution >= 4 is 34.6 Å². The molecule has 1 fully saturated rings. The Bertz CT molecular complexity index is 1200. The van der Waals surface area contributed by atoms with E-state index in [0.29, 0.717) is 48.8 Å². The highest BCUT2D eigenvalue weighted by Gasteiger charge is 2.27. The number of halogens is 1. The number of carbonyl (C=O) groups excluding carboxylic acids is 2.